The molecule has 0 spiro atoms. The van der Waals surface area contributed by atoms with E-state index < -0.39 is 36.1 Å². The number of methoxy groups -OCH3 is 2. The Morgan fingerprint density at radius 3 is 2.12 bits per heavy atom. The fraction of sp³-hybridized carbons (Fsp3) is 0.188. The van der Waals surface area contributed by atoms with Crippen molar-refractivity contribution in [1.29, 1.82) is 0 Å². The lowest BCUT2D eigenvalue weighted by molar-refractivity contribution is 0.0451. The van der Waals surface area contributed by atoms with Crippen LogP contribution in [0, 0.1) is 11.6 Å². The number of hydrogen-bond donors (Lipinski definition) is 1. The van der Waals surface area contributed by atoms with Crippen molar-refractivity contribution in [3.05, 3.63) is 51.4 Å². The lowest BCUT2D eigenvalue weighted by atomic mass is 10.1. The van der Waals surface area contributed by atoms with E-state index in [1.807, 2.05) is 0 Å². The smallest absolute Gasteiger partial charge is 0.348 e. The van der Waals surface area contributed by atoms with Gasteiger partial charge >= 0.3 is 17.9 Å². The maximum atomic E-state index is 13.2. The Bertz CT molecular complexity index is 860. The normalized spacial score (nSPS) is 10.3. The molecule has 2 rings (SSSR count). The molecule has 0 saturated carbocycles. The van der Waals surface area contributed by atoms with Crippen LogP contribution in [0.2, 0.25) is 0 Å². The van der Waals surface area contributed by atoms with Crippen LogP contribution in [0.1, 0.15) is 36.0 Å². The fourth-order valence-corrected chi connectivity index (χ4v) is 3.08. The first kappa shape index (κ1) is 19.3. The molecule has 7 nitrogen and oxygen atoms in total. The Morgan fingerprint density at radius 2 is 1.58 bits per heavy atom. The second-order valence-electron chi connectivity index (χ2n) is 4.87. The van der Waals surface area contributed by atoms with Gasteiger partial charge in [0.05, 0.1) is 19.8 Å². The Labute approximate surface area is 150 Å². The standard InChI is InChI=1S/C16H13F2NO6S/c1-23-15(21)11-10(12(16(22)24-2)26-13(11)19)6-25-14(20)7-3-8(17)5-9(18)4-7/h3-5H,6,19H2,1-2H3. The monoisotopic (exact) mass is 385 g/mol. The van der Waals surface area contributed by atoms with Crippen LogP contribution in [-0.4, -0.2) is 32.1 Å². The van der Waals surface area contributed by atoms with Gasteiger partial charge < -0.3 is 19.9 Å². The summed E-state index contributed by atoms with van der Waals surface area (Å²) >= 11 is 0.761. The van der Waals surface area contributed by atoms with Gasteiger partial charge in [0.2, 0.25) is 0 Å². The predicted molar refractivity (Wildman–Crippen MR) is 86.9 cm³/mol. The second-order valence-corrected chi connectivity index (χ2v) is 5.92. The van der Waals surface area contributed by atoms with E-state index in [1.54, 1.807) is 0 Å². The molecule has 0 amide bonds. The van der Waals surface area contributed by atoms with Gasteiger partial charge in [-0.25, -0.2) is 23.2 Å². The number of benzene rings is 1. The zero-order valence-corrected chi connectivity index (χ0v) is 14.4. The average Bonchev–Trinajstić information content (AvgIpc) is 2.93. The summed E-state index contributed by atoms with van der Waals surface area (Å²) in [6.45, 7) is -0.556. The van der Waals surface area contributed by atoms with E-state index in [-0.39, 0.29) is 26.6 Å². The largest absolute Gasteiger partial charge is 0.465 e. The van der Waals surface area contributed by atoms with Crippen molar-refractivity contribution in [2.24, 2.45) is 0 Å². The SMILES string of the molecule is COC(=O)c1sc(N)c(C(=O)OC)c1COC(=O)c1cc(F)cc(F)c1. The number of nitrogens with two attached hydrogens (primary N) is 1. The Balaban J connectivity index is 2.34. The average molecular weight is 385 g/mol. The second kappa shape index (κ2) is 7.91. The van der Waals surface area contributed by atoms with Crippen molar-refractivity contribution >= 4 is 34.2 Å². The molecule has 0 aliphatic carbocycles. The highest BCUT2D eigenvalue weighted by Gasteiger charge is 2.28. The third-order valence-corrected chi connectivity index (χ3v) is 4.28. The minimum Gasteiger partial charge on any atom is -0.465 e. The van der Waals surface area contributed by atoms with Crippen molar-refractivity contribution in [2.45, 2.75) is 6.61 Å². The predicted octanol–water partition coefficient (Wildman–Crippen LogP) is 2.54. The zero-order valence-electron chi connectivity index (χ0n) is 13.6. The summed E-state index contributed by atoms with van der Waals surface area (Å²) in [6.07, 6.45) is 0. The Hall–Kier alpha value is -3.01. The molecule has 0 atom stereocenters. The summed E-state index contributed by atoms with van der Waals surface area (Å²) in [5.41, 5.74) is 5.21. The van der Waals surface area contributed by atoms with Crippen LogP contribution in [0.15, 0.2) is 18.2 Å². The highest BCUT2D eigenvalue weighted by molar-refractivity contribution is 7.18. The first-order valence-corrected chi connectivity index (χ1v) is 7.81. The number of hydrogen-bond acceptors (Lipinski definition) is 8. The maximum absolute atomic E-state index is 13.2. The molecule has 26 heavy (non-hydrogen) atoms. The van der Waals surface area contributed by atoms with Gasteiger partial charge in [-0.1, -0.05) is 0 Å². The minimum atomic E-state index is -1.06. The van der Waals surface area contributed by atoms with E-state index in [2.05, 4.69) is 9.47 Å². The third kappa shape index (κ3) is 3.97. The summed E-state index contributed by atoms with van der Waals surface area (Å²) in [7, 11) is 2.24. The van der Waals surface area contributed by atoms with Crippen LogP contribution in [0.4, 0.5) is 13.8 Å². The van der Waals surface area contributed by atoms with Gasteiger partial charge in [0.1, 0.15) is 33.7 Å². The van der Waals surface area contributed by atoms with Crippen molar-refractivity contribution in [3.8, 4) is 0 Å². The molecule has 0 radical (unpaired) electrons. The number of rotatable bonds is 5. The number of carbonyl (C=O) groups is 3. The Morgan fingerprint density at radius 1 is 1.00 bits per heavy atom. The molecule has 1 heterocycles. The van der Waals surface area contributed by atoms with Crippen molar-refractivity contribution in [1.82, 2.24) is 0 Å². The molecule has 138 valence electrons. The lowest BCUT2D eigenvalue weighted by Crippen LogP contribution is -2.13. The van der Waals surface area contributed by atoms with Gasteiger partial charge in [-0.3, -0.25) is 0 Å². The molecule has 0 unspecified atom stereocenters. The van der Waals surface area contributed by atoms with Gasteiger partial charge in [-0.05, 0) is 12.1 Å². The molecular formula is C16H13F2NO6S. The highest BCUT2D eigenvalue weighted by Crippen LogP contribution is 2.33. The molecule has 0 aliphatic rings. The molecule has 2 N–H and O–H groups in total. The van der Waals surface area contributed by atoms with Gasteiger partial charge in [0.15, 0.2) is 0 Å². The summed E-state index contributed by atoms with van der Waals surface area (Å²) < 4.78 is 40.6. The Kier molecular flexibility index (Phi) is 5.88. The highest BCUT2D eigenvalue weighted by atomic mass is 32.1. The van der Waals surface area contributed by atoms with Gasteiger partial charge in [0, 0.05) is 11.6 Å². The summed E-state index contributed by atoms with van der Waals surface area (Å²) in [4.78, 5) is 35.7. The number of carbonyl (C=O) groups excluding carboxylic acids is 3. The minimum absolute atomic E-state index is 0.0172. The molecule has 1 aromatic heterocycles. The molecule has 0 saturated heterocycles. The van der Waals surface area contributed by atoms with Crippen molar-refractivity contribution in [3.63, 3.8) is 0 Å². The van der Waals surface area contributed by atoms with E-state index >= 15 is 0 Å². The number of anilines is 1. The molecule has 10 heteroatoms. The first-order chi connectivity index (χ1) is 12.3. The number of thiophene rings is 1. The van der Waals surface area contributed by atoms with E-state index in [0.717, 1.165) is 37.7 Å². The van der Waals surface area contributed by atoms with Gasteiger partial charge in [-0.2, -0.15) is 0 Å². The van der Waals surface area contributed by atoms with Crippen LogP contribution in [-0.2, 0) is 20.8 Å². The molecule has 0 aliphatic heterocycles. The van der Waals surface area contributed by atoms with E-state index in [4.69, 9.17) is 10.5 Å². The first-order valence-electron chi connectivity index (χ1n) is 6.99. The van der Waals surface area contributed by atoms with Crippen molar-refractivity contribution < 1.29 is 37.4 Å². The molecule has 0 bridgehead atoms. The summed E-state index contributed by atoms with van der Waals surface area (Å²) in [5, 5.41) is -0.0277. The van der Waals surface area contributed by atoms with Crippen LogP contribution in [0.3, 0.4) is 0 Å². The molecule has 0 fully saturated rings. The molecular weight excluding hydrogens is 372 g/mol. The van der Waals surface area contributed by atoms with Crippen LogP contribution >= 0.6 is 11.3 Å². The van der Waals surface area contributed by atoms with Gasteiger partial charge in [0.25, 0.3) is 0 Å². The number of nitrogen functional groups attached to an aromatic ring is 1. The third-order valence-electron chi connectivity index (χ3n) is 3.24. The quantitative estimate of drug-likeness (QED) is 0.623. The van der Waals surface area contributed by atoms with E-state index in [0.29, 0.717) is 6.07 Å². The van der Waals surface area contributed by atoms with Crippen LogP contribution < -0.4 is 5.73 Å². The number of halogens is 2. The summed E-state index contributed by atoms with van der Waals surface area (Å²) in [5.74, 6) is -4.60. The number of ether oxygens (including phenoxy) is 3. The van der Waals surface area contributed by atoms with E-state index in [9.17, 15) is 23.2 Å². The zero-order chi connectivity index (χ0) is 19.4. The number of esters is 3. The van der Waals surface area contributed by atoms with Gasteiger partial charge in [-0.15, -0.1) is 11.3 Å². The van der Waals surface area contributed by atoms with E-state index in [1.165, 1.54) is 0 Å². The van der Waals surface area contributed by atoms with Crippen molar-refractivity contribution in [2.75, 3.05) is 20.0 Å². The van der Waals surface area contributed by atoms with Crippen LogP contribution in [0.5, 0.6) is 0 Å². The van der Waals surface area contributed by atoms with Crippen LogP contribution in [0.25, 0.3) is 0 Å². The topological polar surface area (TPSA) is 105 Å². The molecule has 2 aromatic rings. The molecule has 1 aromatic carbocycles. The fourth-order valence-electron chi connectivity index (χ4n) is 2.10. The lowest BCUT2D eigenvalue weighted by Gasteiger charge is -2.08. The maximum Gasteiger partial charge on any atom is 0.348 e. The summed E-state index contributed by atoms with van der Waals surface area (Å²) in [6, 6.07) is 2.17.